The first kappa shape index (κ1) is 12.3. The van der Waals surface area contributed by atoms with E-state index in [9.17, 15) is 4.79 Å². The Kier molecular flexibility index (Phi) is 4.11. The maximum Gasteiger partial charge on any atom is 0.187 e. The average Bonchev–Trinajstić information content (AvgIpc) is 2.28. The number of ketones is 1. The number of benzene rings is 1. The van der Waals surface area contributed by atoms with Gasteiger partial charge in [0.2, 0.25) is 0 Å². The number of methoxy groups -OCH3 is 1. The summed E-state index contributed by atoms with van der Waals surface area (Å²) >= 11 is 0. The molecule has 0 fully saturated rings. The van der Waals surface area contributed by atoms with Gasteiger partial charge in [-0.3, -0.25) is 4.79 Å². The van der Waals surface area contributed by atoms with E-state index in [1.165, 1.54) is 0 Å². The third-order valence-corrected chi connectivity index (χ3v) is 2.42. The Hall–Kier alpha value is -1.77. The Morgan fingerprint density at radius 3 is 2.25 bits per heavy atom. The molecule has 1 aromatic rings. The van der Waals surface area contributed by atoms with Crippen molar-refractivity contribution in [2.45, 2.75) is 6.92 Å². The van der Waals surface area contributed by atoms with Gasteiger partial charge in [-0.1, -0.05) is 0 Å². The van der Waals surface area contributed by atoms with Crippen molar-refractivity contribution in [2.75, 3.05) is 21.2 Å². The SMILES string of the molecule is COc1ccc(C(=O)/C=C(/C)N(C)C)cc1. The van der Waals surface area contributed by atoms with Gasteiger partial charge in [-0.05, 0) is 31.2 Å². The van der Waals surface area contributed by atoms with E-state index in [2.05, 4.69) is 0 Å². The lowest BCUT2D eigenvalue weighted by Gasteiger charge is -2.11. The summed E-state index contributed by atoms with van der Waals surface area (Å²) in [5.41, 5.74) is 1.60. The van der Waals surface area contributed by atoms with Crippen LogP contribution in [0.25, 0.3) is 0 Å². The van der Waals surface area contributed by atoms with Crippen molar-refractivity contribution in [2.24, 2.45) is 0 Å². The fraction of sp³-hybridized carbons (Fsp3) is 0.308. The van der Waals surface area contributed by atoms with Gasteiger partial charge in [0.1, 0.15) is 5.75 Å². The highest BCUT2D eigenvalue weighted by Gasteiger charge is 2.04. The average molecular weight is 219 g/mol. The maximum atomic E-state index is 11.8. The number of hydrogen-bond donors (Lipinski definition) is 0. The van der Waals surface area contributed by atoms with Crippen LogP contribution in [-0.2, 0) is 0 Å². The second-order valence-corrected chi connectivity index (χ2v) is 3.77. The van der Waals surface area contributed by atoms with Gasteiger partial charge in [0, 0.05) is 31.4 Å². The van der Waals surface area contributed by atoms with Gasteiger partial charge in [0.05, 0.1) is 7.11 Å². The molecule has 16 heavy (non-hydrogen) atoms. The normalized spacial score (nSPS) is 11.1. The fourth-order valence-electron chi connectivity index (χ4n) is 1.16. The van der Waals surface area contributed by atoms with Crippen molar-refractivity contribution >= 4 is 5.78 Å². The smallest absolute Gasteiger partial charge is 0.187 e. The van der Waals surface area contributed by atoms with Gasteiger partial charge >= 0.3 is 0 Å². The van der Waals surface area contributed by atoms with Crippen LogP contribution in [0.3, 0.4) is 0 Å². The minimum absolute atomic E-state index is 0.00820. The van der Waals surface area contributed by atoms with Gasteiger partial charge in [0.25, 0.3) is 0 Å². The van der Waals surface area contributed by atoms with Crippen LogP contribution in [-0.4, -0.2) is 31.9 Å². The molecule has 0 saturated heterocycles. The van der Waals surface area contributed by atoms with Crippen LogP contribution in [0.4, 0.5) is 0 Å². The second kappa shape index (κ2) is 5.35. The van der Waals surface area contributed by atoms with Crippen molar-refractivity contribution < 1.29 is 9.53 Å². The molecule has 0 heterocycles. The summed E-state index contributed by atoms with van der Waals surface area (Å²) in [6, 6.07) is 7.10. The molecule has 0 radical (unpaired) electrons. The molecular weight excluding hydrogens is 202 g/mol. The van der Waals surface area contributed by atoms with Crippen LogP contribution < -0.4 is 4.74 Å². The molecule has 0 aliphatic heterocycles. The summed E-state index contributed by atoms with van der Waals surface area (Å²) in [5.74, 6) is 0.763. The molecule has 0 bridgehead atoms. The van der Waals surface area contributed by atoms with Crippen molar-refractivity contribution in [1.82, 2.24) is 4.90 Å². The van der Waals surface area contributed by atoms with E-state index in [0.717, 1.165) is 11.4 Å². The van der Waals surface area contributed by atoms with E-state index in [-0.39, 0.29) is 5.78 Å². The van der Waals surface area contributed by atoms with Gasteiger partial charge in [0.15, 0.2) is 5.78 Å². The zero-order valence-electron chi connectivity index (χ0n) is 10.2. The molecule has 0 spiro atoms. The van der Waals surface area contributed by atoms with E-state index in [4.69, 9.17) is 4.74 Å². The zero-order chi connectivity index (χ0) is 12.1. The van der Waals surface area contributed by atoms with E-state index >= 15 is 0 Å². The molecule has 0 aliphatic rings. The highest BCUT2D eigenvalue weighted by atomic mass is 16.5. The Bertz CT molecular complexity index is 391. The van der Waals surface area contributed by atoms with Crippen LogP contribution in [0.2, 0.25) is 0 Å². The highest BCUT2D eigenvalue weighted by molar-refractivity contribution is 6.04. The Morgan fingerprint density at radius 1 is 1.25 bits per heavy atom. The summed E-state index contributed by atoms with van der Waals surface area (Å²) < 4.78 is 5.03. The molecule has 0 aromatic heterocycles. The third kappa shape index (κ3) is 3.12. The monoisotopic (exact) mass is 219 g/mol. The molecule has 0 N–H and O–H groups in total. The summed E-state index contributed by atoms with van der Waals surface area (Å²) in [4.78, 5) is 13.7. The number of ether oxygens (including phenoxy) is 1. The second-order valence-electron chi connectivity index (χ2n) is 3.77. The topological polar surface area (TPSA) is 29.5 Å². The van der Waals surface area contributed by atoms with Gasteiger partial charge < -0.3 is 9.64 Å². The number of rotatable bonds is 4. The minimum atomic E-state index is 0.00820. The molecule has 3 nitrogen and oxygen atoms in total. The van der Waals surface area contributed by atoms with E-state index < -0.39 is 0 Å². The van der Waals surface area contributed by atoms with Gasteiger partial charge in [-0.15, -0.1) is 0 Å². The lowest BCUT2D eigenvalue weighted by Crippen LogP contribution is -2.10. The molecule has 0 amide bonds. The minimum Gasteiger partial charge on any atom is -0.497 e. The first-order chi connectivity index (χ1) is 7.54. The van der Waals surface area contributed by atoms with Crippen LogP contribution in [0.1, 0.15) is 17.3 Å². The largest absolute Gasteiger partial charge is 0.497 e. The molecule has 3 heteroatoms. The molecule has 86 valence electrons. The predicted octanol–water partition coefficient (Wildman–Crippen LogP) is 2.34. The Morgan fingerprint density at radius 2 is 1.81 bits per heavy atom. The number of carbonyl (C=O) groups excluding carboxylic acids is 1. The van der Waals surface area contributed by atoms with Crippen LogP contribution in [0, 0.1) is 0 Å². The Balaban J connectivity index is 2.85. The Labute approximate surface area is 96.3 Å². The first-order valence-electron chi connectivity index (χ1n) is 5.08. The summed E-state index contributed by atoms with van der Waals surface area (Å²) in [7, 11) is 5.42. The van der Waals surface area contributed by atoms with Crippen LogP contribution in [0.15, 0.2) is 36.0 Å². The zero-order valence-corrected chi connectivity index (χ0v) is 10.2. The van der Waals surface area contributed by atoms with E-state index in [1.54, 1.807) is 37.5 Å². The van der Waals surface area contributed by atoms with Gasteiger partial charge in [-0.25, -0.2) is 0 Å². The van der Waals surface area contributed by atoms with Crippen molar-refractivity contribution in [3.63, 3.8) is 0 Å². The molecule has 0 saturated carbocycles. The highest BCUT2D eigenvalue weighted by Crippen LogP contribution is 2.12. The maximum absolute atomic E-state index is 11.8. The molecular formula is C13H17NO2. The summed E-state index contributed by atoms with van der Waals surface area (Å²) in [6.45, 7) is 1.90. The molecule has 1 aromatic carbocycles. The van der Waals surface area contributed by atoms with E-state index in [0.29, 0.717) is 5.56 Å². The van der Waals surface area contributed by atoms with Crippen molar-refractivity contribution in [3.05, 3.63) is 41.6 Å². The van der Waals surface area contributed by atoms with Crippen LogP contribution in [0.5, 0.6) is 5.75 Å². The summed E-state index contributed by atoms with van der Waals surface area (Å²) in [6.07, 6.45) is 1.63. The molecule has 0 unspecified atom stereocenters. The number of nitrogens with zero attached hydrogens (tertiary/aromatic N) is 1. The number of hydrogen-bond acceptors (Lipinski definition) is 3. The van der Waals surface area contributed by atoms with Gasteiger partial charge in [-0.2, -0.15) is 0 Å². The molecule has 0 atom stereocenters. The first-order valence-corrected chi connectivity index (χ1v) is 5.08. The fourth-order valence-corrected chi connectivity index (χ4v) is 1.16. The number of carbonyl (C=O) groups is 1. The van der Waals surface area contributed by atoms with Crippen molar-refractivity contribution in [3.8, 4) is 5.75 Å². The quantitative estimate of drug-likeness (QED) is 0.575. The summed E-state index contributed by atoms with van der Waals surface area (Å²) in [5, 5.41) is 0. The van der Waals surface area contributed by atoms with Crippen LogP contribution >= 0.6 is 0 Å². The van der Waals surface area contributed by atoms with E-state index in [1.807, 2.05) is 25.9 Å². The molecule has 0 aliphatic carbocycles. The third-order valence-electron chi connectivity index (χ3n) is 2.42. The number of allylic oxidation sites excluding steroid dienone is 2. The standard InChI is InChI=1S/C13H17NO2/c1-10(14(2)3)9-13(15)11-5-7-12(16-4)8-6-11/h5-9H,1-4H3/b10-9-. The predicted molar refractivity (Wildman–Crippen MR) is 64.8 cm³/mol. The van der Waals surface area contributed by atoms with Crippen molar-refractivity contribution in [1.29, 1.82) is 0 Å². The molecule has 1 rings (SSSR count). The lowest BCUT2D eigenvalue weighted by molar-refractivity contribution is 0.104. The lowest BCUT2D eigenvalue weighted by atomic mass is 10.1.